The summed E-state index contributed by atoms with van der Waals surface area (Å²) in [6.07, 6.45) is 0.638. The SMILES string of the molecule is CCC(=O)CSc1ccc(C)cc1. The predicted octanol–water partition coefficient (Wildman–Crippen LogP) is 3.07. The van der Waals surface area contributed by atoms with Crippen LogP contribution in [0.4, 0.5) is 0 Å². The minimum absolute atomic E-state index is 0.311. The average molecular weight is 194 g/mol. The second-order valence-corrected chi connectivity index (χ2v) is 4.04. The van der Waals surface area contributed by atoms with Gasteiger partial charge in [0, 0.05) is 11.3 Å². The Morgan fingerprint density at radius 2 is 1.92 bits per heavy atom. The fourth-order valence-electron chi connectivity index (χ4n) is 0.900. The van der Waals surface area contributed by atoms with Gasteiger partial charge in [0.1, 0.15) is 5.78 Å². The number of rotatable bonds is 4. The molecule has 1 rings (SSSR count). The number of hydrogen-bond donors (Lipinski definition) is 0. The molecule has 1 nitrogen and oxygen atoms in total. The Balaban J connectivity index is 2.46. The van der Waals surface area contributed by atoms with Gasteiger partial charge in [0.05, 0.1) is 5.75 Å². The molecule has 0 aliphatic heterocycles. The highest BCUT2D eigenvalue weighted by molar-refractivity contribution is 8.00. The van der Waals surface area contributed by atoms with E-state index in [0.29, 0.717) is 18.0 Å². The third-order valence-electron chi connectivity index (χ3n) is 1.82. The molecule has 0 heterocycles. The van der Waals surface area contributed by atoms with E-state index in [1.165, 1.54) is 10.5 Å². The molecule has 0 atom stereocenters. The molecule has 0 aliphatic carbocycles. The molecule has 0 spiro atoms. The Morgan fingerprint density at radius 3 is 2.46 bits per heavy atom. The van der Waals surface area contributed by atoms with Gasteiger partial charge in [-0.25, -0.2) is 0 Å². The van der Waals surface area contributed by atoms with Gasteiger partial charge in [0.2, 0.25) is 0 Å². The number of benzene rings is 1. The molecule has 0 saturated carbocycles. The lowest BCUT2D eigenvalue weighted by atomic mass is 10.2. The molecule has 0 aliphatic rings. The van der Waals surface area contributed by atoms with E-state index >= 15 is 0 Å². The Bertz CT molecular complexity index is 277. The zero-order valence-electron chi connectivity index (χ0n) is 8.04. The van der Waals surface area contributed by atoms with E-state index in [2.05, 4.69) is 31.2 Å². The van der Waals surface area contributed by atoms with Crippen molar-refractivity contribution in [2.75, 3.05) is 5.75 Å². The number of hydrogen-bond acceptors (Lipinski definition) is 2. The van der Waals surface area contributed by atoms with E-state index < -0.39 is 0 Å². The summed E-state index contributed by atoms with van der Waals surface area (Å²) < 4.78 is 0. The number of carbonyl (C=O) groups excluding carboxylic acids is 1. The maximum Gasteiger partial charge on any atom is 0.142 e. The van der Waals surface area contributed by atoms with Crippen molar-refractivity contribution < 1.29 is 4.79 Å². The van der Waals surface area contributed by atoms with E-state index in [1.807, 2.05) is 6.92 Å². The molecule has 0 aromatic heterocycles. The summed E-state index contributed by atoms with van der Waals surface area (Å²) in [5.41, 5.74) is 1.26. The molecule has 0 saturated heterocycles. The number of carbonyl (C=O) groups is 1. The van der Waals surface area contributed by atoms with Crippen molar-refractivity contribution in [1.82, 2.24) is 0 Å². The molecule has 0 bridgehead atoms. The summed E-state index contributed by atoms with van der Waals surface area (Å²) in [6.45, 7) is 3.96. The summed E-state index contributed by atoms with van der Waals surface area (Å²) in [7, 11) is 0. The molecule has 70 valence electrons. The van der Waals surface area contributed by atoms with E-state index in [-0.39, 0.29) is 0 Å². The molecular formula is C11H14OS. The lowest BCUT2D eigenvalue weighted by molar-refractivity contribution is -0.116. The first kappa shape index (κ1) is 10.3. The van der Waals surface area contributed by atoms with Crippen LogP contribution in [0.3, 0.4) is 0 Å². The third-order valence-corrected chi connectivity index (χ3v) is 2.89. The van der Waals surface area contributed by atoms with Crippen LogP contribution in [-0.4, -0.2) is 11.5 Å². The third kappa shape index (κ3) is 3.64. The van der Waals surface area contributed by atoms with Crippen LogP contribution < -0.4 is 0 Å². The monoisotopic (exact) mass is 194 g/mol. The van der Waals surface area contributed by atoms with Gasteiger partial charge in [0.15, 0.2) is 0 Å². The molecule has 1 aromatic rings. The van der Waals surface area contributed by atoms with Gasteiger partial charge >= 0.3 is 0 Å². The molecule has 0 amide bonds. The maximum absolute atomic E-state index is 11.0. The highest BCUT2D eigenvalue weighted by atomic mass is 32.2. The van der Waals surface area contributed by atoms with Crippen LogP contribution in [0.2, 0.25) is 0 Å². The van der Waals surface area contributed by atoms with Crippen molar-refractivity contribution in [3.63, 3.8) is 0 Å². The zero-order valence-corrected chi connectivity index (χ0v) is 8.86. The van der Waals surface area contributed by atoms with Gasteiger partial charge in [-0.1, -0.05) is 24.6 Å². The van der Waals surface area contributed by atoms with Crippen molar-refractivity contribution in [1.29, 1.82) is 0 Å². The van der Waals surface area contributed by atoms with Gasteiger partial charge in [-0.2, -0.15) is 0 Å². The standard InChI is InChI=1S/C11H14OS/c1-3-10(12)8-13-11-6-4-9(2)5-7-11/h4-7H,3,8H2,1-2H3. The lowest BCUT2D eigenvalue weighted by Crippen LogP contribution is -1.97. The normalized spacial score (nSPS) is 10.0. The van der Waals surface area contributed by atoms with Gasteiger partial charge in [-0.3, -0.25) is 4.79 Å². The zero-order chi connectivity index (χ0) is 9.68. The van der Waals surface area contributed by atoms with Crippen molar-refractivity contribution in [3.05, 3.63) is 29.8 Å². The highest BCUT2D eigenvalue weighted by Crippen LogP contribution is 2.18. The van der Waals surface area contributed by atoms with Crippen LogP contribution >= 0.6 is 11.8 Å². The molecule has 1 aromatic carbocycles. The van der Waals surface area contributed by atoms with Crippen molar-refractivity contribution in [2.45, 2.75) is 25.2 Å². The van der Waals surface area contributed by atoms with Crippen LogP contribution in [0.1, 0.15) is 18.9 Å². The van der Waals surface area contributed by atoms with Gasteiger partial charge in [0.25, 0.3) is 0 Å². The van der Waals surface area contributed by atoms with Crippen molar-refractivity contribution in [3.8, 4) is 0 Å². The maximum atomic E-state index is 11.0. The lowest BCUT2D eigenvalue weighted by Gasteiger charge is -1.99. The molecule has 0 N–H and O–H groups in total. The van der Waals surface area contributed by atoms with Gasteiger partial charge in [-0.15, -0.1) is 11.8 Å². The van der Waals surface area contributed by atoms with E-state index in [1.54, 1.807) is 11.8 Å². The molecule has 0 fully saturated rings. The van der Waals surface area contributed by atoms with Crippen LogP contribution in [-0.2, 0) is 4.79 Å². The summed E-state index contributed by atoms with van der Waals surface area (Å²) in [5.74, 6) is 0.908. The van der Waals surface area contributed by atoms with Crippen molar-refractivity contribution in [2.24, 2.45) is 0 Å². The number of aryl methyl sites for hydroxylation is 1. The molecule has 13 heavy (non-hydrogen) atoms. The van der Waals surface area contributed by atoms with E-state index in [9.17, 15) is 4.79 Å². The number of ketones is 1. The number of Topliss-reactive ketones (excluding diaryl/α,β-unsaturated/α-hetero) is 1. The summed E-state index contributed by atoms with van der Waals surface area (Å²) in [4.78, 5) is 12.2. The van der Waals surface area contributed by atoms with E-state index in [0.717, 1.165) is 0 Å². The van der Waals surface area contributed by atoms with Crippen LogP contribution in [0.25, 0.3) is 0 Å². The van der Waals surface area contributed by atoms with Gasteiger partial charge < -0.3 is 0 Å². The number of thioether (sulfide) groups is 1. The molecule has 0 unspecified atom stereocenters. The highest BCUT2D eigenvalue weighted by Gasteiger charge is 1.99. The fourth-order valence-corrected chi connectivity index (χ4v) is 1.76. The summed E-state index contributed by atoms with van der Waals surface area (Å²) >= 11 is 1.61. The summed E-state index contributed by atoms with van der Waals surface area (Å²) in [5, 5.41) is 0. The minimum Gasteiger partial charge on any atom is -0.299 e. The first-order valence-corrected chi connectivity index (χ1v) is 5.42. The van der Waals surface area contributed by atoms with E-state index in [4.69, 9.17) is 0 Å². The molecular weight excluding hydrogens is 180 g/mol. The average Bonchev–Trinajstić information content (AvgIpc) is 2.16. The topological polar surface area (TPSA) is 17.1 Å². The largest absolute Gasteiger partial charge is 0.299 e. The molecule has 0 radical (unpaired) electrons. The quantitative estimate of drug-likeness (QED) is 0.685. The predicted molar refractivity (Wildman–Crippen MR) is 57.2 cm³/mol. The Morgan fingerprint density at radius 1 is 1.31 bits per heavy atom. The second-order valence-electron chi connectivity index (χ2n) is 2.99. The second kappa shape index (κ2) is 5.07. The van der Waals surface area contributed by atoms with Gasteiger partial charge in [-0.05, 0) is 19.1 Å². The Labute approximate surface area is 83.5 Å². The molecule has 2 heteroatoms. The van der Waals surface area contributed by atoms with Crippen LogP contribution in [0.15, 0.2) is 29.2 Å². The first-order chi connectivity index (χ1) is 6.22. The first-order valence-electron chi connectivity index (χ1n) is 4.43. The van der Waals surface area contributed by atoms with Crippen molar-refractivity contribution >= 4 is 17.5 Å². The summed E-state index contributed by atoms with van der Waals surface area (Å²) in [6, 6.07) is 8.25. The Hall–Kier alpha value is -0.760. The van der Waals surface area contributed by atoms with Crippen LogP contribution in [0.5, 0.6) is 0 Å². The Kier molecular flexibility index (Phi) is 4.03. The minimum atomic E-state index is 0.311. The van der Waals surface area contributed by atoms with Crippen LogP contribution in [0, 0.1) is 6.92 Å². The smallest absolute Gasteiger partial charge is 0.142 e. The fraction of sp³-hybridized carbons (Fsp3) is 0.364.